The zero-order chi connectivity index (χ0) is 13.8. The summed E-state index contributed by atoms with van der Waals surface area (Å²) in [5.41, 5.74) is -1.03. The Morgan fingerprint density at radius 3 is 1.68 bits per heavy atom. The number of nitrogens with zero attached hydrogens (tertiary/aromatic N) is 2. The second-order valence-electron chi connectivity index (χ2n) is 3.36. The lowest BCUT2D eigenvalue weighted by molar-refractivity contribution is 0.0390. The van der Waals surface area contributed by atoms with Crippen molar-refractivity contribution in [2.24, 2.45) is 0 Å². The fourth-order valence-corrected chi connectivity index (χ4v) is 1.27. The van der Waals surface area contributed by atoms with Gasteiger partial charge in [-0.2, -0.15) is 8.78 Å². The largest absolute Gasteiger partial charge is 0.385 e. The van der Waals surface area contributed by atoms with Crippen LogP contribution in [0.2, 0.25) is 0 Å². The standard InChI is InChI=1S/C12H6F2N2O3/c13-9-7(3-1-5-15-9)11(17)19-12(18)8-4-2-6-16-10(8)14/h1-6H. The van der Waals surface area contributed by atoms with Gasteiger partial charge in [0.15, 0.2) is 0 Å². The highest BCUT2D eigenvalue weighted by Gasteiger charge is 2.21. The van der Waals surface area contributed by atoms with Crippen molar-refractivity contribution in [2.75, 3.05) is 0 Å². The molecule has 2 heterocycles. The number of aromatic nitrogens is 2. The first-order valence-electron chi connectivity index (χ1n) is 5.07. The monoisotopic (exact) mass is 264 g/mol. The lowest BCUT2D eigenvalue weighted by atomic mass is 10.2. The molecule has 2 rings (SSSR count). The van der Waals surface area contributed by atoms with Gasteiger partial charge < -0.3 is 4.74 Å². The van der Waals surface area contributed by atoms with Crippen molar-refractivity contribution >= 4 is 11.9 Å². The molecule has 0 saturated carbocycles. The Hall–Kier alpha value is -2.70. The van der Waals surface area contributed by atoms with Crippen LogP contribution in [0, 0.1) is 11.9 Å². The highest BCUT2D eigenvalue weighted by Crippen LogP contribution is 2.09. The van der Waals surface area contributed by atoms with E-state index in [1.54, 1.807) is 0 Å². The SMILES string of the molecule is O=C(OC(=O)c1cccnc1F)c1cccnc1F. The average molecular weight is 264 g/mol. The van der Waals surface area contributed by atoms with Crippen LogP contribution in [-0.2, 0) is 4.74 Å². The van der Waals surface area contributed by atoms with Crippen molar-refractivity contribution < 1.29 is 23.1 Å². The summed E-state index contributed by atoms with van der Waals surface area (Å²) in [5, 5.41) is 0. The van der Waals surface area contributed by atoms with Crippen LogP contribution in [0.5, 0.6) is 0 Å². The fourth-order valence-electron chi connectivity index (χ4n) is 1.27. The maximum atomic E-state index is 13.2. The molecule has 0 N–H and O–H groups in total. The van der Waals surface area contributed by atoms with Crippen LogP contribution in [0.3, 0.4) is 0 Å². The number of esters is 2. The number of halogens is 2. The van der Waals surface area contributed by atoms with Gasteiger partial charge in [0.05, 0.1) is 0 Å². The number of ether oxygens (including phenoxy) is 1. The summed E-state index contributed by atoms with van der Waals surface area (Å²) in [6.07, 6.45) is 2.27. The first-order chi connectivity index (χ1) is 9.09. The Morgan fingerprint density at radius 2 is 1.32 bits per heavy atom. The number of hydrogen-bond donors (Lipinski definition) is 0. The minimum absolute atomic E-state index is 0.514. The molecule has 0 saturated heterocycles. The molecule has 2 aromatic rings. The molecule has 0 radical (unpaired) electrons. The molecular weight excluding hydrogens is 258 g/mol. The third kappa shape index (κ3) is 2.76. The number of rotatable bonds is 2. The molecule has 0 unspecified atom stereocenters. The molecule has 0 fully saturated rings. The zero-order valence-corrected chi connectivity index (χ0v) is 9.34. The molecular formula is C12H6F2N2O3. The number of carbonyl (C=O) groups excluding carboxylic acids is 2. The molecule has 0 aromatic carbocycles. The Balaban J connectivity index is 2.19. The molecule has 0 aliphatic carbocycles. The van der Waals surface area contributed by atoms with E-state index in [0.717, 1.165) is 24.5 Å². The predicted molar refractivity (Wildman–Crippen MR) is 58.1 cm³/mol. The van der Waals surface area contributed by atoms with Crippen LogP contribution < -0.4 is 0 Å². The quantitative estimate of drug-likeness (QED) is 0.469. The lowest BCUT2D eigenvalue weighted by Gasteiger charge is -2.03. The van der Waals surface area contributed by atoms with Crippen molar-refractivity contribution in [1.29, 1.82) is 0 Å². The first kappa shape index (κ1) is 12.7. The molecule has 0 aliphatic rings. The topological polar surface area (TPSA) is 69.2 Å². The molecule has 0 spiro atoms. The number of carbonyl (C=O) groups is 2. The van der Waals surface area contributed by atoms with Gasteiger partial charge in [-0.25, -0.2) is 19.6 Å². The summed E-state index contributed by atoms with van der Waals surface area (Å²) in [6, 6.07) is 4.79. The molecule has 5 nitrogen and oxygen atoms in total. The van der Waals surface area contributed by atoms with Gasteiger partial charge in [-0.3, -0.25) is 0 Å². The van der Waals surface area contributed by atoms with E-state index in [2.05, 4.69) is 14.7 Å². The van der Waals surface area contributed by atoms with Gasteiger partial charge in [0.25, 0.3) is 0 Å². The Kier molecular flexibility index (Phi) is 3.56. The van der Waals surface area contributed by atoms with Gasteiger partial charge in [0, 0.05) is 12.4 Å². The predicted octanol–water partition coefficient (Wildman–Crippen LogP) is 1.75. The molecule has 19 heavy (non-hydrogen) atoms. The van der Waals surface area contributed by atoms with E-state index < -0.39 is 35.0 Å². The number of hydrogen-bond acceptors (Lipinski definition) is 5. The summed E-state index contributed by atoms with van der Waals surface area (Å²) in [5.74, 6) is -4.66. The molecule has 2 aromatic heterocycles. The van der Waals surface area contributed by atoms with E-state index in [1.165, 1.54) is 12.1 Å². The van der Waals surface area contributed by atoms with Gasteiger partial charge >= 0.3 is 11.9 Å². The van der Waals surface area contributed by atoms with Gasteiger partial charge in [0.2, 0.25) is 11.9 Å². The molecule has 0 bridgehead atoms. The van der Waals surface area contributed by atoms with E-state index in [4.69, 9.17) is 0 Å². The Bertz CT molecular complexity index is 591. The van der Waals surface area contributed by atoms with E-state index in [0.29, 0.717) is 0 Å². The highest BCUT2D eigenvalue weighted by molar-refractivity contribution is 6.02. The smallest absolute Gasteiger partial charge is 0.350 e. The van der Waals surface area contributed by atoms with Gasteiger partial charge in [-0.1, -0.05) is 0 Å². The van der Waals surface area contributed by atoms with Crippen LogP contribution in [-0.4, -0.2) is 21.9 Å². The summed E-state index contributed by atoms with van der Waals surface area (Å²) in [7, 11) is 0. The molecule has 0 atom stereocenters. The summed E-state index contributed by atoms with van der Waals surface area (Å²) < 4.78 is 30.7. The minimum atomic E-state index is -1.25. The molecule has 96 valence electrons. The Labute approximate surface area is 105 Å². The average Bonchev–Trinajstić information content (AvgIpc) is 2.39. The fraction of sp³-hybridized carbons (Fsp3) is 0. The third-order valence-electron chi connectivity index (χ3n) is 2.14. The van der Waals surface area contributed by atoms with Crippen molar-refractivity contribution in [1.82, 2.24) is 9.97 Å². The second-order valence-corrected chi connectivity index (χ2v) is 3.36. The van der Waals surface area contributed by atoms with E-state index in [1.807, 2.05) is 0 Å². The van der Waals surface area contributed by atoms with Crippen LogP contribution in [0.25, 0.3) is 0 Å². The third-order valence-corrected chi connectivity index (χ3v) is 2.14. The Morgan fingerprint density at radius 1 is 0.895 bits per heavy atom. The van der Waals surface area contributed by atoms with Gasteiger partial charge in [-0.05, 0) is 24.3 Å². The zero-order valence-electron chi connectivity index (χ0n) is 9.34. The van der Waals surface area contributed by atoms with Crippen LogP contribution in [0.4, 0.5) is 8.78 Å². The highest BCUT2D eigenvalue weighted by atomic mass is 19.1. The van der Waals surface area contributed by atoms with Crippen molar-refractivity contribution in [3.05, 3.63) is 59.7 Å². The van der Waals surface area contributed by atoms with E-state index >= 15 is 0 Å². The van der Waals surface area contributed by atoms with Crippen LogP contribution in [0.1, 0.15) is 20.7 Å². The summed E-state index contributed by atoms with van der Waals surface area (Å²) in [6.45, 7) is 0. The maximum absolute atomic E-state index is 13.2. The van der Waals surface area contributed by atoms with Gasteiger partial charge in [-0.15, -0.1) is 0 Å². The van der Waals surface area contributed by atoms with E-state index in [9.17, 15) is 18.4 Å². The van der Waals surface area contributed by atoms with Crippen LogP contribution in [0.15, 0.2) is 36.7 Å². The second kappa shape index (κ2) is 5.30. The van der Waals surface area contributed by atoms with Crippen molar-refractivity contribution in [3.8, 4) is 0 Å². The van der Waals surface area contributed by atoms with Crippen molar-refractivity contribution in [3.63, 3.8) is 0 Å². The number of pyridine rings is 2. The van der Waals surface area contributed by atoms with Crippen molar-refractivity contribution in [2.45, 2.75) is 0 Å². The molecule has 0 amide bonds. The summed E-state index contributed by atoms with van der Waals surface area (Å²) in [4.78, 5) is 29.5. The van der Waals surface area contributed by atoms with Gasteiger partial charge in [0.1, 0.15) is 11.1 Å². The normalized spacial score (nSPS) is 10.0. The van der Waals surface area contributed by atoms with E-state index in [-0.39, 0.29) is 0 Å². The lowest BCUT2D eigenvalue weighted by Crippen LogP contribution is -2.16. The first-order valence-corrected chi connectivity index (χ1v) is 5.07. The minimum Gasteiger partial charge on any atom is -0.385 e. The molecule has 7 heteroatoms. The summed E-state index contributed by atoms with van der Waals surface area (Å²) >= 11 is 0. The molecule has 0 aliphatic heterocycles. The maximum Gasteiger partial charge on any atom is 0.350 e. The van der Waals surface area contributed by atoms with Crippen LogP contribution >= 0.6 is 0 Å².